The molecule has 0 saturated heterocycles. The van der Waals surface area contributed by atoms with E-state index in [-0.39, 0.29) is 5.91 Å². The van der Waals surface area contributed by atoms with Crippen molar-refractivity contribution in [2.45, 2.75) is 6.17 Å². The largest absolute Gasteiger partial charge is 0.360 e. The molecule has 0 spiro atoms. The van der Waals surface area contributed by atoms with Gasteiger partial charge in [0.05, 0.1) is 11.1 Å². The number of nitrogens with zero attached hydrogens (tertiary/aromatic N) is 2. The molecule has 29 heavy (non-hydrogen) atoms. The Morgan fingerprint density at radius 1 is 0.897 bits per heavy atom. The molecule has 0 aliphatic carbocycles. The molecule has 6 heteroatoms. The predicted octanol–water partition coefficient (Wildman–Crippen LogP) is 6.31. The van der Waals surface area contributed by atoms with E-state index in [2.05, 4.69) is 10.3 Å². The zero-order valence-corrected chi connectivity index (χ0v) is 16.7. The number of hydrogen-bond donors (Lipinski definition) is 1. The molecule has 3 aromatic carbocycles. The van der Waals surface area contributed by atoms with Crippen LogP contribution in [0.25, 0.3) is 10.9 Å². The molecular weight excluding hydrogens is 405 g/mol. The highest BCUT2D eigenvalue weighted by Crippen LogP contribution is 2.39. The van der Waals surface area contributed by atoms with Crippen LogP contribution < -0.4 is 10.2 Å². The number of anilines is 2. The molecule has 1 amide bonds. The molecule has 1 aromatic heterocycles. The molecule has 5 rings (SSSR count). The van der Waals surface area contributed by atoms with Crippen LogP contribution in [0.1, 0.15) is 22.1 Å². The summed E-state index contributed by atoms with van der Waals surface area (Å²) in [5, 5.41) is 5.37. The summed E-state index contributed by atoms with van der Waals surface area (Å²) >= 11 is 12.6. The van der Waals surface area contributed by atoms with Gasteiger partial charge in [-0.1, -0.05) is 53.5 Å². The summed E-state index contributed by atoms with van der Waals surface area (Å²) in [5.74, 6) is -0.115. The van der Waals surface area contributed by atoms with Gasteiger partial charge in [-0.15, -0.1) is 0 Å². The summed E-state index contributed by atoms with van der Waals surface area (Å²) < 4.78 is 0. The number of halogens is 2. The number of aromatic nitrogens is 1. The lowest BCUT2D eigenvalue weighted by atomic mass is 10.0. The average Bonchev–Trinajstić information content (AvgIpc) is 2.74. The fourth-order valence-electron chi connectivity index (χ4n) is 3.64. The van der Waals surface area contributed by atoms with Crippen molar-refractivity contribution in [2.75, 3.05) is 10.2 Å². The highest BCUT2D eigenvalue weighted by molar-refractivity contribution is 6.31. The summed E-state index contributed by atoms with van der Waals surface area (Å²) in [7, 11) is 0. The summed E-state index contributed by atoms with van der Waals surface area (Å²) in [6, 6.07) is 24.4. The number of amides is 1. The molecule has 4 aromatic rings. The second-order valence-electron chi connectivity index (χ2n) is 6.81. The van der Waals surface area contributed by atoms with Crippen LogP contribution in [0.15, 0.2) is 78.9 Å². The quantitative estimate of drug-likeness (QED) is 0.387. The van der Waals surface area contributed by atoms with Crippen LogP contribution in [0.4, 0.5) is 11.4 Å². The standard InChI is InChI=1S/C23H15Cl2N3O/c24-15-9-11-16(12-10-15)28-22(27-20-8-4-2-6-17(20)23(28)29)18-13-14-5-1-3-7-19(14)26-21(18)25/h1-13,22,27H. The zero-order chi connectivity index (χ0) is 20.0. The predicted molar refractivity (Wildman–Crippen MR) is 118 cm³/mol. The topological polar surface area (TPSA) is 45.2 Å². The monoisotopic (exact) mass is 419 g/mol. The third-order valence-electron chi connectivity index (χ3n) is 5.03. The van der Waals surface area contributed by atoms with Gasteiger partial charge in [-0.2, -0.15) is 0 Å². The number of carbonyl (C=O) groups excluding carboxylic acids is 1. The molecule has 0 saturated carbocycles. The molecule has 0 fully saturated rings. The van der Waals surface area contributed by atoms with Crippen molar-refractivity contribution in [3.05, 3.63) is 100 Å². The van der Waals surface area contributed by atoms with Gasteiger partial charge in [-0.05, 0) is 48.5 Å². The maximum atomic E-state index is 13.5. The fraction of sp³-hybridized carbons (Fsp3) is 0.0435. The first-order valence-corrected chi connectivity index (χ1v) is 9.87. The zero-order valence-electron chi connectivity index (χ0n) is 15.1. The van der Waals surface area contributed by atoms with Crippen LogP contribution >= 0.6 is 23.2 Å². The Balaban J connectivity index is 1.71. The second-order valence-corrected chi connectivity index (χ2v) is 7.60. The fourth-order valence-corrected chi connectivity index (χ4v) is 4.01. The van der Waals surface area contributed by atoms with Gasteiger partial charge in [-0.3, -0.25) is 9.69 Å². The number of nitrogens with one attached hydrogen (secondary N) is 1. The summed E-state index contributed by atoms with van der Waals surface area (Å²) in [6.45, 7) is 0. The SMILES string of the molecule is O=C1c2ccccc2NC(c2cc3ccccc3nc2Cl)N1c1ccc(Cl)cc1. The van der Waals surface area contributed by atoms with Crippen LogP contribution in [-0.2, 0) is 0 Å². The van der Waals surface area contributed by atoms with E-state index in [1.807, 2.05) is 66.7 Å². The first kappa shape index (κ1) is 18.0. The van der Waals surface area contributed by atoms with E-state index in [1.54, 1.807) is 17.0 Å². The van der Waals surface area contributed by atoms with E-state index in [1.165, 1.54) is 0 Å². The lowest BCUT2D eigenvalue weighted by Gasteiger charge is -2.38. The number of para-hydroxylation sites is 2. The lowest BCUT2D eigenvalue weighted by molar-refractivity contribution is 0.0975. The second kappa shape index (κ2) is 7.07. The third-order valence-corrected chi connectivity index (χ3v) is 5.59. The van der Waals surface area contributed by atoms with Gasteiger partial charge in [0.2, 0.25) is 0 Å². The molecule has 2 heterocycles. The third kappa shape index (κ3) is 3.11. The van der Waals surface area contributed by atoms with Gasteiger partial charge >= 0.3 is 0 Å². The van der Waals surface area contributed by atoms with Crippen molar-refractivity contribution >= 4 is 51.4 Å². The summed E-state index contributed by atoms with van der Waals surface area (Å²) in [5.41, 5.74) is 3.61. The van der Waals surface area contributed by atoms with E-state index in [0.717, 1.165) is 27.8 Å². The number of hydrogen-bond acceptors (Lipinski definition) is 3. The van der Waals surface area contributed by atoms with Gasteiger partial charge in [0.25, 0.3) is 5.91 Å². The van der Waals surface area contributed by atoms with E-state index < -0.39 is 6.17 Å². The van der Waals surface area contributed by atoms with Crippen molar-refractivity contribution in [3.63, 3.8) is 0 Å². The van der Waals surface area contributed by atoms with Crippen LogP contribution in [0.5, 0.6) is 0 Å². The number of carbonyl (C=O) groups is 1. The van der Waals surface area contributed by atoms with Crippen LogP contribution in [0.3, 0.4) is 0 Å². The lowest BCUT2D eigenvalue weighted by Crippen LogP contribution is -2.43. The minimum absolute atomic E-state index is 0.115. The van der Waals surface area contributed by atoms with Crippen molar-refractivity contribution in [1.82, 2.24) is 4.98 Å². The molecule has 1 aliphatic heterocycles. The number of fused-ring (bicyclic) bond motifs is 2. The van der Waals surface area contributed by atoms with Gasteiger partial charge < -0.3 is 5.32 Å². The Labute approximate surface area is 177 Å². The molecule has 1 unspecified atom stereocenters. The Kier molecular flexibility index (Phi) is 4.38. The van der Waals surface area contributed by atoms with E-state index in [9.17, 15) is 4.79 Å². The van der Waals surface area contributed by atoms with Crippen LogP contribution in [0, 0.1) is 0 Å². The van der Waals surface area contributed by atoms with Crippen LogP contribution in [-0.4, -0.2) is 10.9 Å². The molecule has 142 valence electrons. The minimum atomic E-state index is -0.511. The maximum Gasteiger partial charge on any atom is 0.262 e. The Morgan fingerprint density at radius 2 is 1.62 bits per heavy atom. The average molecular weight is 420 g/mol. The van der Waals surface area contributed by atoms with Gasteiger partial charge in [0, 0.05) is 27.3 Å². The first-order chi connectivity index (χ1) is 14.1. The number of benzene rings is 3. The maximum absolute atomic E-state index is 13.5. The van der Waals surface area contributed by atoms with Gasteiger partial charge in [-0.25, -0.2) is 4.98 Å². The molecule has 0 bridgehead atoms. The molecule has 1 atom stereocenters. The Bertz CT molecular complexity index is 1240. The van der Waals surface area contributed by atoms with Crippen molar-refractivity contribution in [3.8, 4) is 0 Å². The summed E-state index contributed by atoms with van der Waals surface area (Å²) in [4.78, 5) is 19.7. The smallest absolute Gasteiger partial charge is 0.262 e. The van der Waals surface area contributed by atoms with Crippen LogP contribution in [0.2, 0.25) is 10.2 Å². The van der Waals surface area contributed by atoms with E-state index in [4.69, 9.17) is 23.2 Å². The number of rotatable bonds is 2. The first-order valence-electron chi connectivity index (χ1n) is 9.12. The number of pyridine rings is 1. The molecule has 1 N–H and O–H groups in total. The summed E-state index contributed by atoms with van der Waals surface area (Å²) in [6.07, 6.45) is -0.511. The normalized spacial score (nSPS) is 15.9. The highest BCUT2D eigenvalue weighted by atomic mass is 35.5. The van der Waals surface area contributed by atoms with Crippen molar-refractivity contribution in [2.24, 2.45) is 0 Å². The molecular formula is C23H15Cl2N3O. The Morgan fingerprint density at radius 3 is 2.45 bits per heavy atom. The highest BCUT2D eigenvalue weighted by Gasteiger charge is 2.35. The van der Waals surface area contributed by atoms with Gasteiger partial charge in [0.1, 0.15) is 11.3 Å². The molecule has 0 radical (unpaired) electrons. The van der Waals surface area contributed by atoms with E-state index in [0.29, 0.717) is 15.7 Å². The van der Waals surface area contributed by atoms with Crippen molar-refractivity contribution in [1.29, 1.82) is 0 Å². The van der Waals surface area contributed by atoms with E-state index >= 15 is 0 Å². The van der Waals surface area contributed by atoms with Crippen molar-refractivity contribution < 1.29 is 4.79 Å². The Hall–Kier alpha value is -3.08. The molecule has 4 nitrogen and oxygen atoms in total. The molecule has 1 aliphatic rings. The minimum Gasteiger partial charge on any atom is -0.360 e. The van der Waals surface area contributed by atoms with Gasteiger partial charge in [0.15, 0.2) is 0 Å².